The van der Waals surface area contributed by atoms with Crippen LogP contribution in [0.25, 0.3) is 0 Å². The smallest absolute Gasteiger partial charge is 0.150 e. The average Bonchev–Trinajstić information content (AvgIpc) is 2.64. The summed E-state index contributed by atoms with van der Waals surface area (Å²) < 4.78 is 18.7. The second kappa shape index (κ2) is 7.93. The van der Waals surface area contributed by atoms with Gasteiger partial charge in [0.15, 0.2) is 0 Å². The van der Waals surface area contributed by atoms with E-state index in [1.165, 1.54) is 12.1 Å². The minimum atomic E-state index is -0.198. The van der Waals surface area contributed by atoms with E-state index in [-0.39, 0.29) is 5.82 Å². The van der Waals surface area contributed by atoms with Gasteiger partial charge < -0.3 is 9.64 Å². The lowest BCUT2D eigenvalue weighted by Crippen LogP contribution is -2.47. The Labute approximate surface area is 141 Å². The molecule has 126 valence electrons. The van der Waals surface area contributed by atoms with Gasteiger partial charge in [-0.25, -0.2) is 4.39 Å². The van der Waals surface area contributed by atoms with Crippen molar-refractivity contribution in [2.75, 3.05) is 44.2 Å². The Morgan fingerprint density at radius 2 is 1.62 bits per heavy atom. The first-order chi connectivity index (χ1) is 11.7. The van der Waals surface area contributed by atoms with E-state index >= 15 is 0 Å². The lowest BCUT2D eigenvalue weighted by molar-refractivity contribution is 0.112. The Hall–Kier alpha value is -2.40. The normalized spacial score (nSPS) is 15.3. The zero-order chi connectivity index (χ0) is 16.8. The van der Waals surface area contributed by atoms with E-state index in [0.717, 1.165) is 50.4 Å². The number of ether oxygens (including phenoxy) is 1. The van der Waals surface area contributed by atoms with Crippen LogP contribution in [0.1, 0.15) is 10.4 Å². The maximum Gasteiger partial charge on any atom is 0.150 e. The summed E-state index contributed by atoms with van der Waals surface area (Å²) in [6.07, 6.45) is 0.824. The molecule has 1 aliphatic rings. The largest absolute Gasteiger partial charge is 0.492 e. The zero-order valence-corrected chi connectivity index (χ0v) is 13.5. The molecule has 0 aliphatic carbocycles. The van der Waals surface area contributed by atoms with Gasteiger partial charge >= 0.3 is 0 Å². The van der Waals surface area contributed by atoms with Crippen molar-refractivity contribution >= 4 is 12.0 Å². The number of hydrogen-bond acceptors (Lipinski definition) is 4. The predicted octanol–water partition coefficient (Wildman–Crippen LogP) is 2.84. The summed E-state index contributed by atoms with van der Waals surface area (Å²) in [4.78, 5) is 15.2. The van der Waals surface area contributed by atoms with Crippen LogP contribution in [0.3, 0.4) is 0 Å². The molecule has 1 saturated heterocycles. The molecule has 0 aromatic heterocycles. The molecule has 0 atom stereocenters. The molecule has 0 spiro atoms. The van der Waals surface area contributed by atoms with Crippen molar-refractivity contribution in [3.05, 3.63) is 59.9 Å². The molecule has 3 rings (SSSR count). The molecule has 0 bridgehead atoms. The third-order valence-electron chi connectivity index (χ3n) is 4.26. The first-order valence-electron chi connectivity index (χ1n) is 8.15. The highest BCUT2D eigenvalue weighted by Crippen LogP contribution is 2.17. The van der Waals surface area contributed by atoms with Crippen LogP contribution in [0.2, 0.25) is 0 Å². The topological polar surface area (TPSA) is 32.8 Å². The number of benzene rings is 2. The highest BCUT2D eigenvalue weighted by molar-refractivity contribution is 5.74. The van der Waals surface area contributed by atoms with Gasteiger partial charge in [-0.3, -0.25) is 9.69 Å². The first-order valence-corrected chi connectivity index (χ1v) is 8.15. The van der Waals surface area contributed by atoms with Crippen LogP contribution < -0.4 is 9.64 Å². The fourth-order valence-electron chi connectivity index (χ4n) is 2.82. The van der Waals surface area contributed by atoms with Crippen molar-refractivity contribution in [2.45, 2.75) is 0 Å². The number of halogens is 1. The SMILES string of the molecule is O=Cc1ccc(OCCN2CCN(c3ccc(F)cc3)CC2)cc1. The van der Waals surface area contributed by atoms with E-state index in [4.69, 9.17) is 4.74 Å². The molecular weight excluding hydrogens is 307 g/mol. The minimum absolute atomic E-state index is 0.198. The van der Waals surface area contributed by atoms with Crippen LogP contribution in [0.15, 0.2) is 48.5 Å². The van der Waals surface area contributed by atoms with E-state index in [1.807, 2.05) is 24.3 Å². The second-order valence-corrected chi connectivity index (χ2v) is 5.84. The fraction of sp³-hybridized carbons (Fsp3) is 0.316. The molecule has 0 N–H and O–H groups in total. The van der Waals surface area contributed by atoms with E-state index in [0.29, 0.717) is 12.2 Å². The Morgan fingerprint density at radius 3 is 2.25 bits per heavy atom. The highest BCUT2D eigenvalue weighted by atomic mass is 19.1. The van der Waals surface area contributed by atoms with Crippen molar-refractivity contribution < 1.29 is 13.9 Å². The first kappa shape index (κ1) is 16.5. The molecule has 0 unspecified atom stereocenters. The lowest BCUT2D eigenvalue weighted by atomic mass is 10.2. The van der Waals surface area contributed by atoms with Crippen LogP contribution >= 0.6 is 0 Å². The van der Waals surface area contributed by atoms with Crippen LogP contribution in [-0.4, -0.2) is 50.5 Å². The van der Waals surface area contributed by atoms with Crippen molar-refractivity contribution in [3.8, 4) is 5.75 Å². The molecule has 0 saturated carbocycles. The quantitative estimate of drug-likeness (QED) is 0.764. The Balaban J connectivity index is 1.40. The number of nitrogens with zero attached hydrogens (tertiary/aromatic N) is 2. The number of hydrogen-bond donors (Lipinski definition) is 0. The number of aldehydes is 1. The van der Waals surface area contributed by atoms with Crippen molar-refractivity contribution in [2.24, 2.45) is 0 Å². The van der Waals surface area contributed by atoms with Gasteiger partial charge in [0.05, 0.1) is 0 Å². The lowest BCUT2D eigenvalue weighted by Gasteiger charge is -2.36. The van der Waals surface area contributed by atoms with Crippen LogP contribution in [0.4, 0.5) is 10.1 Å². The molecule has 0 amide bonds. The zero-order valence-electron chi connectivity index (χ0n) is 13.5. The Kier molecular flexibility index (Phi) is 5.43. The molecule has 2 aromatic carbocycles. The Bertz CT molecular complexity index is 650. The summed E-state index contributed by atoms with van der Waals surface area (Å²) in [5.74, 6) is 0.584. The van der Waals surface area contributed by atoms with Crippen LogP contribution in [0, 0.1) is 5.82 Å². The fourth-order valence-corrected chi connectivity index (χ4v) is 2.82. The van der Waals surface area contributed by atoms with Gasteiger partial charge in [0.25, 0.3) is 0 Å². The van der Waals surface area contributed by atoms with Gasteiger partial charge in [-0.1, -0.05) is 0 Å². The van der Waals surface area contributed by atoms with Gasteiger partial charge in [-0.05, 0) is 48.5 Å². The van der Waals surface area contributed by atoms with Crippen molar-refractivity contribution in [1.29, 1.82) is 0 Å². The van der Waals surface area contributed by atoms with Gasteiger partial charge in [0, 0.05) is 44.0 Å². The van der Waals surface area contributed by atoms with Crippen molar-refractivity contribution in [3.63, 3.8) is 0 Å². The van der Waals surface area contributed by atoms with E-state index < -0.39 is 0 Å². The predicted molar refractivity (Wildman–Crippen MR) is 92.4 cm³/mol. The summed E-state index contributed by atoms with van der Waals surface area (Å²) >= 11 is 0. The molecule has 2 aromatic rings. The van der Waals surface area contributed by atoms with Crippen molar-refractivity contribution in [1.82, 2.24) is 4.90 Å². The number of piperazine rings is 1. The summed E-state index contributed by atoms with van der Waals surface area (Å²) in [6.45, 7) is 5.28. The third-order valence-corrected chi connectivity index (χ3v) is 4.26. The summed E-state index contributed by atoms with van der Waals surface area (Å²) in [5, 5.41) is 0. The summed E-state index contributed by atoms with van der Waals surface area (Å²) in [7, 11) is 0. The highest BCUT2D eigenvalue weighted by Gasteiger charge is 2.17. The number of rotatable bonds is 6. The van der Waals surface area contributed by atoms with E-state index in [1.54, 1.807) is 12.1 Å². The second-order valence-electron chi connectivity index (χ2n) is 5.84. The number of anilines is 1. The molecule has 1 heterocycles. The molecule has 24 heavy (non-hydrogen) atoms. The van der Waals surface area contributed by atoms with Gasteiger partial charge in [-0.15, -0.1) is 0 Å². The number of carbonyl (C=O) groups is 1. The molecule has 5 heteroatoms. The average molecular weight is 328 g/mol. The number of carbonyl (C=O) groups excluding carboxylic acids is 1. The van der Waals surface area contributed by atoms with E-state index in [2.05, 4.69) is 9.80 Å². The van der Waals surface area contributed by atoms with Gasteiger partial charge in [0.1, 0.15) is 24.5 Å². The van der Waals surface area contributed by atoms with E-state index in [9.17, 15) is 9.18 Å². The molecule has 4 nitrogen and oxygen atoms in total. The minimum Gasteiger partial charge on any atom is -0.492 e. The molecule has 1 aliphatic heterocycles. The monoisotopic (exact) mass is 328 g/mol. The maximum atomic E-state index is 13.0. The molecular formula is C19H21FN2O2. The molecule has 0 radical (unpaired) electrons. The van der Waals surface area contributed by atoms with Crippen LogP contribution in [-0.2, 0) is 0 Å². The standard InChI is InChI=1S/C19H21FN2O2/c20-17-3-5-18(6-4-17)22-11-9-21(10-12-22)13-14-24-19-7-1-16(15-23)2-8-19/h1-8,15H,9-14H2. The molecule has 1 fully saturated rings. The summed E-state index contributed by atoms with van der Waals surface area (Å²) in [6, 6.07) is 13.8. The summed E-state index contributed by atoms with van der Waals surface area (Å²) in [5.41, 5.74) is 1.72. The Morgan fingerprint density at radius 1 is 0.958 bits per heavy atom. The van der Waals surface area contributed by atoms with Gasteiger partial charge in [-0.2, -0.15) is 0 Å². The third kappa shape index (κ3) is 4.32. The van der Waals surface area contributed by atoms with Gasteiger partial charge in [0.2, 0.25) is 0 Å². The van der Waals surface area contributed by atoms with Crippen LogP contribution in [0.5, 0.6) is 5.75 Å². The maximum absolute atomic E-state index is 13.0.